The average Bonchev–Trinajstić information content (AvgIpc) is 2.60. The quantitative estimate of drug-likeness (QED) is 0.512. The molecule has 0 saturated carbocycles. The van der Waals surface area contributed by atoms with Gasteiger partial charge in [-0.1, -0.05) is 6.92 Å². The van der Waals surface area contributed by atoms with Crippen molar-refractivity contribution in [3.8, 4) is 0 Å². The van der Waals surface area contributed by atoms with Crippen LogP contribution in [0.15, 0.2) is 21.4 Å². The van der Waals surface area contributed by atoms with Gasteiger partial charge < -0.3 is 17.2 Å². The molecular formula is C9H15N5S. The van der Waals surface area contributed by atoms with Crippen LogP contribution in [0.4, 0.5) is 0 Å². The van der Waals surface area contributed by atoms with Crippen molar-refractivity contribution in [1.29, 1.82) is 0 Å². The number of thiophene rings is 1. The van der Waals surface area contributed by atoms with E-state index in [1.807, 2.05) is 5.38 Å². The van der Waals surface area contributed by atoms with E-state index in [0.717, 1.165) is 6.42 Å². The van der Waals surface area contributed by atoms with Crippen LogP contribution in [-0.4, -0.2) is 11.9 Å². The fourth-order valence-electron chi connectivity index (χ4n) is 1.14. The van der Waals surface area contributed by atoms with Crippen molar-refractivity contribution in [2.75, 3.05) is 0 Å². The Hall–Kier alpha value is -1.56. The van der Waals surface area contributed by atoms with Crippen molar-refractivity contribution in [3.63, 3.8) is 0 Å². The highest BCUT2D eigenvalue weighted by Crippen LogP contribution is 2.18. The molecule has 0 unspecified atom stereocenters. The van der Waals surface area contributed by atoms with Crippen LogP contribution in [0, 0.1) is 0 Å². The minimum absolute atomic E-state index is 0.0712. The molecule has 0 atom stereocenters. The molecule has 0 aliphatic heterocycles. The predicted octanol–water partition coefficient (Wildman–Crippen LogP) is 0.399. The highest BCUT2D eigenvalue weighted by atomic mass is 32.1. The molecule has 1 heterocycles. The molecule has 0 spiro atoms. The molecule has 5 nitrogen and oxygen atoms in total. The van der Waals surface area contributed by atoms with Crippen molar-refractivity contribution in [1.82, 2.24) is 0 Å². The largest absolute Gasteiger partial charge is 0.370 e. The lowest BCUT2D eigenvalue weighted by Crippen LogP contribution is -2.26. The normalized spacial score (nSPS) is 11.4. The van der Waals surface area contributed by atoms with Crippen LogP contribution < -0.4 is 17.2 Å². The molecule has 0 aliphatic rings. The highest BCUT2D eigenvalue weighted by molar-refractivity contribution is 7.10. The fourth-order valence-corrected chi connectivity index (χ4v) is 2.04. The van der Waals surface area contributed by atoms with E-state index in [9.17, 15) is 0 Å². The van der Waals surface area contributed by atoms with Crippen LogP contribution in [-0.2, 0) is 13.0 Å². The first kappa shape index (κ1) is 11.5. The molecule has 6 N–H and O–H groups in total. The molecule has 0 saturated heterocycles. The van der Waals surface area contributed by atoms with Gasteiger partial charge in [0.2, 0.25) is 5.96 Å². The van der Waals surface area contributed by atoms with Gasteiger partial charge in [0.1, 0.15) is 0 Å². The van der Waals surface area contributed by atoms with Crippen LogP contribution in [0.25, 0.3) is 0 Å². The molecule has 1 rings (SSSR count). The number of rotatable bonds is 3. The van der Waals surface area contributed by atoms with Crippen molar-refractivity contribution in [3.05, 3.63) is 21.9 Å². The molecule has 1 aromatic heterocycles. The van der Waals surface area contributed by atoms with Gasteiger partial charge in [0.25, 0.3) is 0 Å². The van der Waals surface area contributed by atoms with E-state index in [-0.39, 0.29) is 11.9 Å². The average molecular weight is 225 g/mol. The monoisotopic (exact) mass is 225 g/mol. The second kappa shape index (κ2) is 5.35. The lowest BCUT2D eigenvalue weighted by atomic mass is 10.2. The SMILES string of the molecule is CCc1ccsc1CN=C(N)N=C(N)N. The standard InChI is InChI=1S/C9H15N5S/c1-2-6-3-4-15-7(6)5-13-9(12)14-8(10)11/h3-4H,2,5H2,1H3,(H6,10,11,12,13,14). The Balaban J connectivity index is 2.67. The van der Waals surface area contributed by atoms with E-state index in [0.29, 0.717) is 6.54 Å². The zero-order valence-electron chi connectivity index (χ0n) is 8.60. The maximum Gasteiger partial charge on any atom is 0.218 e. The van der Waals surface area contributed by atoms with Gasteiger partial charge in [-0.2, -0.15) is 4.99 Å². The Bertz CT molecular complexity index is 376. The Kier molecular flexibility index (Phi) is 4.11. The third-order valence-electron chi connectivity index (χ3n) is 1.85. The molecule has 0 aliphatic carbocycles. The van der Waals surface area contributed by atoms with Crippen LogP contribution in [0.5, 0.6) is 0 Å². The van der Waals surface area contributed by atoms with Gasteiger partial charge in [0, 0.05) is 4.88 Å². The van der Waals surface area contributed by atoms with Gasteiger partial charge in [-0.25, -0.2) is 4.99 Å². The van der Waals surface area contributed by atoms with E-state index in [4.69, 9.17) is 17.2 Å². The first-order chi connectivity index (χ1) is 7.13. The zero-order valence-corrected chi connectivity index (χ0v) is 9.42. The zero-order chi connectivity index (χ0) is 11.3. The van der Waals surface area contributed by atoms with Gasteiger partial charge in [0.15, 0.2) is 5.96 Å². The molecule has 0 bridgehead atoms. The number of nitrogens with zero attached hydrogens (tertiary/aromatic N) is 2. The van der Waals surface area contributed by atoms with E-state index in [1.54, 1.807) is 11.3 Å². The van der Waals surface area contributed by atoms with Crippen LogP contribution >= 0.6 is 11.3 Å². The Morgan fingerprint density at radius 2 is 2.13 bits per heavy atom. The molecule has 6 heteroatoms. The van der Waals surface area contributed by atoms with Gasteiger partial charge in [0.05, 0.1) is 6.54 Å². The smallest absolute Gasteiger partial charge is 0.218 e. The van der Waals surface area contributed by atoms with Crippen molar-refractivity contribution >= 4 is 23.3 Å². The summed E-state index contributed by atoms with van der Waals surface area (Å²) in [6.07, 6.45) is 0.997. The lowest BCUT2D eigenvalue weighted by molar-refractivity contribution is 1.03. The van der Waals surface area contributed by atoms with Crippen LogP contribution in [0.2, 0.25) is 0 Å². The second-order valence-electron chi connectivity index (χ2n) is 2.93. The van der Waals surface area contributed by atoms with Crippen LogP contribution in [0.1, 0.15) is 17.4 Å². The summed E-state index contributed by atoms with van der Waals surface area (Å²) in [7, 11) is 0. The summed E-state index contributed by atoms with van der Waals surface area (Å²) in [5.41, 5.74) is 17.1. The second-order valence-corrected chi connectivity index (χ2v) is 3.93. The summed E-state index contributed by atoms with van der Waals surface area (Å²) in [5, 5.41) is 2.04. The van der Waals surface area contributed by atoms with Gasteiger partial charge in [-0.15, -0.1) is 11.3 Å². The first-order valence-corrected chi connectivity index (χ1v) is 5.46. The maximum absolute atomic E-state index is 5.49. The third kappa shape index (κ3) is 3.59. The van der Waals surface area contributed by atoms with Gasteiger partial charge >= 0.3 is 0 Å². The summed E-state index contributed by atoms with van der Waals surface area (Å²) < 4.78 is 0. The lowest BCUT2D eigenvalue weighted by Gasteiger charge is -1.97. The molecule has 0 aromatic carbocycles. The topological polar surface area (TPSA) is 103 Å². The van der Waals surface area contributed by atoms with Crippen molar-refractivity contribution < 1.29 is 0 Å². The number of aliphatic imine (C=N–C) groups is 2. The summed E-state index contributed by atoms with van der Waals surface area (Å²) in [4.78, 5) is 8.91. The van der Waals surface area contributed by atoms with Gasteiger partial charge in [-0.3, -0.25) is 0 Å². The molecule has 0 radical (unpaired) electrons. The summed E-state index contributed by atoms with van der Waals surface area (Å²) in [6.45, 7) is 2.64. The number of aryl methyl sites for hydroxylation is 1. The molecule has 0 fully saturated rings. The number of hydrogen-bond donors (Lipinski definition) is 3. The molecule has 1 aromatic rings. The van der Waals surface area contributed by atoms with E-state index >= 15 is 0 Å². The fraction of sp³-hybridized carbons (Fsp3) is 0.333. The predicted molar refractivity (Wildman–Crippen MR) is 64.8 cm³/mol. The Morgan fingerprint density at radius 1 is 1.40 bits per heavy atom. The third-order valence-corrected chi connectivity index (χ3v) is 2.79. The van der Waals surface area contributed by atoms with E-state index in [1.165, 1.54) is 10.4 Å². The van der Waals surface area contributed by atoms with Gasteiger partial charge in [-0.05, 0) is 23.4 Å². The van der Waals surface area contributed by atoms with Crippen LogP contribution in [0.3, 0.4) is 0 Å². The van der Waals surface area contributed by atoms with Crippen molar-refractivity contribution in [2.45, 2.75) is 19.9 Å². The maximum atomic E-state index is 5.49. The highest BCUT2D eigenvalue weighted by Gasteiger charge is 2.01. The van der Waals surface area contributed by atoms with E-state index in [2.05, 4.69) is 23.0 Å². The minimum Gasteiger partial charge on any atom is -0.370 e. The Morgan fingerprint density at radius 3 is 2.73 bits per heavy atom. The molecule has 0 amide bonds. The number of hydrogen-bond acceptors (Lipinski definition) is 2. The number of nitrogens with two attached hydrogens (primary N) is 3. The molecule has 82 valence electrons. The Labute approximate surface area is 92.7 Å². The van der Waals surface area contributed by atoms with Crippen molar-refractivity contribution in [2.24, 2.45) is 27.2 Å². The minimum atomic E-state index is -0.0712. The summed E-state index contributed by atoms with van der Waals surface area (Å²) in [6, 6.07) is 2.09. The number of guanidine groups is 2. The molecule has 15 heavy (non-hydrogen) atoms. The first-order valence-electron chi connectivity index (χ1n) is 4.58. The summed E-state index contributed by atoms with van der Waals surface area (Å²) >= 11 is 1.66. The summed E-state index contributed by atoms with van der Waals surface area (Å²) in [5.74, 6) is 0.0450. The van der Waals surface area contributed by atoms with E-state index < -0.39 is 0 Å². The molecular weight excluding hydrogens is 210 g/mol.